The van der Waals surface area contributed by atoms with Gasteiger partial charge in [0.15, 0.2) is 0 Å². The second-order valence-corrected chi connectivity index (χ2v) is 6.17. The van der Waals surface area contributed by atoms with Crippen molar-refractivity contribution in [1.29, 1.82) is 0 Å². The van der Waals surface area contributed by atoms with E-state index in [0.29, 0.717) is 11.2 Å². The van der Waals surface area contributed by atoms with Gasteiger partial charge in [0.05, 0.1) is 7.85 Å². The van der Waals surface area contributed by atoms with Crippen LogP contribution >= 0.6 is 0 Å². The quantitative estimate of drug-likeness (QED) is 0.456. The third-order valence-electron chi connectivity index (χ3n) is 4.63. The third kappa shape index (κ3) is 3.68. The van der Waals surface area contributed by atoms with Crippen molar-refractivity contribution in [2.24, 2.45) is 11.3 Å². The Balaban J connectivity index is 2.61. The van der Waals surface area contributed by atoms with E-state index in [1.165, 1.54) is 50.5 Å². The fourth-order valence-corrected chi connectivity index (χ4v) is 2.78. The average molecular weight is 218 g/mol. The van der Waals surface area contributed by atoms with Gasteiger partial charge in [0.1, 0.15) is 0 Å². The number of hydrogen-bond donors (Lipinski definition) is 0. The zero-order valence-corrected chi connectivity index (χ0v) is 11.4. The van der Waals surface area contributed by atoms with Crippen molar-refractivity contribution in [3.63, 3.8) is 0 Å². The van der Waals surface area contributed by atoms with Crippen LogP contribution in [0.5, 0.6) is 0 Å². The highest BCUT2D eigenvalue weighted by Gasteiger charge is 2.29. The van der Waals surface area contributed by atoms with Crippen LogP contribution in [0.1, 0.15) is 65.7 Å². The van der Waals surface area contributed by atoms with E-state index in [9.17, 15) is 0 Å². The number of hydrogen-bond acceptors (Lipinski definition) is 0. The summed E-state index contributed by atoms with van der Waals surface area (Å²) in [5, 5.41) is 0. The molecule has 16 heavy (non-hydrogen) atoms. The molecule has 0 heterocycles. The zero-order valence-electron chi connectivity index (χ0n) is 11.4. The van der Waals surface area contributed by atoms with Crippen LogP contribution in [0.2, 0.25) is 5.82 Å². The van der Waals surface area contributed by atoms with Gasteiger partial charge in [0.2, 0.25) is 0 Å². The average Bonchev–Trinajstić information content (AvgIpc) is 2.30. The molecule has 0 amide bonds. The van der Waals surface area contributed by atoms with Gasteiger partial charge in [-0.3, -0.25) is 0 Å². The van der Waals surface area contributed by atoms with Crippen molar-refractivity contribution in [2.45, 2.75) is 71.5 Å². The van der Waals surface area contributed by atoms with E-state index in [0.717, 1.165) is 5.92 Å². The maximum atomic E-state index is 6.07. The molecule has 0 bridgehead atoms. The van der Waals surface area contributed by atoms with Gasteiger partial charge in [-0.15, -0.1) is 0 Å². The molecule has 1 fully saturated rings. The lowest BCUT2D eigenvalue weighted by molar-refractivity contribution is 0.226. The van der Waals surface area contributed by atoms with Gasteiger partial charge < -0.3 is 0 Å². The molecule has 0 aromatic rings. The van der Waals surface area contributed by atoms with Gasteiger partial charge in [-0.2, -0.15) is 0 Å². The van der Waals surface area contributed by atoms with Crippen molar-refractivity contribution >= 4 is 7.85 Å². The topological polar surface area (TPSA) is 0 Å². The minimum atomic E-state index is 0.300. The minimum Gasteiger partial charge on any atom is -0.0996 e. The standard InChI is InChI=1S/C15H27B/c1-12(2)15(3,4)13-8-5-6-10-14(16)11-7-9-13/h13-14H,1,5-11H2,2-4H3. The first kappa shape index (κ1) is 13.9. The second kappa shape index (κ2) is 5.93. The van der Waals surface area contributed by atoms with Crippen LogP contribution < -0.4 is 0 Å². The molecule has 1 rings (SSSR count). The SMILES string of the molecule is [B]C1CCCCC(C(C)(C)C(=C)C)CCC1. The highest BCUT2D eigenvalue weighted by molar-refractivity contribution is 6.11. The van der Waals surface area contributed by atoms with Crippen LogP contribution in [-0.2, 0) is 0 Å². The summed E-state index contributed by atoms with van der Waals surface area (Å²) < 4.78 is 0. The van der Waals surface area contributed by atoms with Crippen LogP contribution in [0.3, 0.4) is 0 Å². The summed E-state index contributed by atoms with van der Waals surface area (Å²) >= 11 is 0. The summed E-state index contributed by atoms with van der Waals surface area (Å²) in [6, 6.07) is 0. The van der Waals surface area contributed by atoms with E-state index in [1.807, 2.05) is 0 Å². The first-order valence-corrected chi connectivity index (χ1v) is 6.86. The summed E-state index contributed by atoms with van der Waals surface area (Å²) in [6.07, 6.45) is 9.06. The molecule has 2 radical (unpaired) electrons. The smallest absolute Gasteiger partial charge is 0.0699 e. The molecule has 0 saturated heterocycles. The van der Waals surface area contributed by atoms with Crippen molar-refractivity contribution in [1.82, 2.24) is 0 Å². The summed E-state index contributed by atoms with van der Waals surface area (Å²) in [4.78, 5) is 0. The second-order valence-electron chi connectivity index (χ2n) is 6.17. The fraction of sp³-hybridized carbons (Fsp3) is 0.867. The zero-order chi connectivity index (χ0) is 12.2. The van der Waals surface area contributed by atoms with E-state index in [1.54, 1.807) is 0 Å². The maximum absolute atomic E-state index is 6.07. The molecule has 0 spiro atoms. The van der Waals surface area contributed by atoms with Crippen LogP contribution in [0.4, 0.5) is 0 Å². The van der Waals surface area contributed by atoms with Crippen molar-refractivity contribution in [2.75, 3.05) is 0 Å². The summed E-state index contributed by atoms with van der Waals surface area (Å²) in [5.41, 5.74) is 1.63. The molecule has 1 aliphatic carbocycles. The van der Waals surface area contributed by atoms with Gasteiger partial charge >= 0.3 is 0 Å². The first-order valence-electron chi connectivity index (χ1n) is 6.86. The van der Waals surface area contributed by atoms with Crippen molar-refractivity contribution in [3.05, 3.63) is 12.2 Å². The lowest BCUT2D eigenvalue weighted by Gasteiger charge is -2.35. The monoisotopic (exact) mass is 218 g/mol. The Labute approximate surface area is 103 Å². The van der Waals surface area contributed by atoms with Gasteiger partial charge in [-0.05, 0) is 31.1 Å². The summed E-state index contributed by atoms with van der Waals surface area (Å²) in [7, 11) is 6.07. The number of allylic oxidation sites excluding steroid dienone is 1. The van der Waals surface area contributed by atoms with Gasteiger partial charge in [0, 0.05) is 0 Å². The molecule has 0 aromatic heterocycles. The first-order chi connectivity index (χ1) is 7.44. The van der Waals surface area contributed by atoms with E-state index in [-0.39, 0.29) is 0 Å². The van der Waals surface area contributed by atoms with Crippen LogP contribution in [-0.4, -0.2) is 7.85 Å². The Kier molecular flexibility index (Phi) is 5.14. The molecule has 0 aromatic carbocycles. The third-order valence-corrected chi connectivity index (χ3v) is 4.63. The Morgan fingerprint density at radius 1 is 1.06 bits per heavy atom. The Hall–Kier alpha value is -0.195. The van der Waals surface area contributed by atoms with Crippen LogP contribution in [0.25, 0.3) is 0 Å². The molecule has 0 N–H and O–H groups in total. The van der Waals surface area contributed by atoms with Crippen molar-refractivity contribution < 1.29 is 0 Å². The van der Waals surface area contributed by atoms with E-state index in [4.69, 9.17) is 7.85 Å². The number of rotatable bonds is 2. The van der Waals surface area contributed by atoms with Crippen molar-refractivity contribution in [3.8, 4) is 0 Å². The van der Waals surface area contributed by atoms with Crippen LogP contribution in [0.15, 0.2) is 12.2 Å². The molecule has 2 unspecified atom stereocenters. The predicted molar refractivity (Wildman–Crippen MR) is 73.9 cm³/mol. The molecule has 90 valence electrons. The maximum Gasteiger partial charge on any atom is 0.0699 e. The lowest BCUT2D eigenvalue weighted by atomic mass is 9.70. The molecular weight excluding hydrogens is 191 g/mol. The highest BCUT2D eigenvalue weighted by atomic mass is 14.3. The van der Waals surface area contributed by atoms with Gasteiger partial charge in [-0.1, -0.05) is 63.9 Å². The Morgan fingerprint density at radius 2 is 1.56 bits per heavy atom. The Bertz CT molecular complexity index is 230. The highest BCUT2D eigenvalue weighted by Crippen LogP contribution is 2.41. The predicted octanol–water partition coefficient (Wildman–Crippen LogP) is 4.91. The largest absolute Gasteiger partial charge is 0.0996 e. The van der Waals surface area contributed by atoms with Gasteiger partial charge in [0.25, 0.3) is 0 Å². The molecule has 1 aliphatic rings. The normalized spacial score (nSPS) is 28.9. The molecule has 0 nitrogen and oxygen atoms in total. The lowest BCUT2D eigenvalue weighted by Crippen LogP contribution is -2.25. The molecule has 1 saturated carbocycles. The minimum absolute atomic E-state index is 0.300. The molecule has 2 atom stereocenters. The van der Waals surface area contributed by atoms with Gasteiger partial charge in [-0.25, -0.2) is 0 Å². The van der Waals surface area contributed by atoms with E-state index >= 15 is 0 Å². The van der Waals surface area contributed by atoms with E-state index < -0.39 is 0 Å². The Morgan fingerprint density at radius 3 is 2.19 bits per heavy atom. The summed E-state index contributed by atoms with van der Waals surface area (Å²) in [5.74, 6) is 1.25. The molecule has 0 aliphatic heterocycles. The molecule has 1 heteroatoms. The molecular formula is C15H27B. The van der Waals surface area contributed by atoms with E-state index in [2.05, 4.69) is 27.4 Å². The fourth-order valence-electron chi connectivity index (χ4n) is 2.78. The van der Waals surface area contributed by atoms with Crippen LogP contribution in [0, 0.1) is 11.3 Å². The summed E-state index contributed by atoms with van der Waals surface area (Å²) in [6.45, 7) is 11.1.